The van der Waals surface area contributed by atoms with Gasteiger partial charge in [-0.05, 0) is 25.9 Å². The van der Waals surface area contributed by atoms with Gasteiger partial charge >= 0.3 is 0 Å². The van der Waals surface area contributed by atoms with Crippen molar-refractivity contribution in [3.8, 4) is 0 Å². The minimum Gasteiger partial charge on any atom is -0.330 e. The molecule has 0 radical (unpaired) electrons. The van der Waals surface area contributed by atoms with E-state index >= 15 is 0 Å². The highest BCUT2D eigenvalue weighted by Crippen LogP contribution is 2.04. The first-order valence-electron chi connectivity index (χ1n) is 6.00. The molecule has 0 aromatic carbocycles. The third-order valence-corrected chi connectivity index (χ3v) is 2.78. The maximum absolute atomic E-state index is 5.64. The normalized spacial score (nSPS) is 13.3. The average molecular weight is 225 g/mol. The summed E-state index contributed by atoms with van der Waals surface area (Å²) in [4.78, 5) is 6.64. The van der Waals surface area contributed by atoms with E-state index in [1.165, 1.54) is 0 Å². The SMILES string of the molecule is CCN(Cc1ncnn1CC)CC(C)CN. The minimum atomic E-state index is 0.526. The Balaban J connectivity index is 2.56. The Morgan fingerprint density at radius 2 is 2.25 bits per heavy atom. The standard InChI is InChI=1S/C11H23N5/c1-4-15(7-10(3)6-12)8-11-13-9-14-16(11)5-2/h9-10H,4-8,12H2,1-3H3. The monoisotopic (exact) mass is 225 g/mol. The second kappa shape index (κ2) is 6.60. The molecule has 0 bridgehead atoms. The molecule has 0 saturated carbocycles. The van der Waals surface area contributed by atoms with Crippen LogP contribution in [0, 0.1) is 5.92 Å². The van der Waals surface area contributed by atoms with Gasteiger partial charge in [0.25, 0.3) is 0 Å². The Morgan fingerprint density at radius 3 is 2.81 bits per heavy atom. The van der Waals surface area contributed by atoms with E-state index in [1.54, 1.807) is 6.33 Å². The molecule has 92 valence electrons. The van der Waals surface area contributed by atoms with E-state index in [-0.39, 0.29) is 0 Å². The van der Waals surface area contributed by atoms with Gasteiger partial charge in [-0.2, -0.15) is 5.10 Å². The average Bonchev–Trinajstić information content (AvgIpc) is 2.75. The lowest BCUT2D eigenvalue weighted by atomic mass is 10.1. The fourth-order valence-electron chi connectivity index (χ4n) is 1.70. The zero-order chi connectivity index (χ0) is 12.0. The van der Waals surface area contributed by atoms with Crippen LogP contribution >= 0.6 is 0 Å². The van der Waals surface area contributed by atoms with Crippen LogP contribution in [0.5, 0.6) is 0 Å². The Morgan fingerprint density at radius 1 is 1.50 bits per heavy atom. The molecular formula is C11H23N5. The van der Waals surface area contributed by atoms with Crippen molar-refractivity contribution in [2.75, 3.05) is 19.6 Å². The number of rotatable bonds is 7. The van der Waals surface area contributed by atoms with Crippen LogP contribution in [-0.4, -0.2) is 39.3 Å². The van der Waals surface area contributed by atoms with Crippen molar-refractivity contribution in [2.45, 2.75) is 33.9 Å². The van der Waals surface area contributed by atoms with E-state index in [0.29, 0.717) is 5.92 Å². The molecule has 1 aromatic heterocycles. The summed E-state index contributed by atoms with van der Waals surface area (Å²) in [5.41, 5.74) is 5.64. The van der Waals surface area contributed by atoms with Crippen LogP contribution in [0.3, 0.4) is 0 Å². The van der Waals surface area contributed by atoms with Crippen molar-refractivity contribution in [3.05, 3.63) is 12.2 Å². The maximum Gasteiger partial charge on any atom is 0.140 e. The molecule has 0 saturated heterocycles. The summed E-state index contributed by atoms with van der Waals surface area (Å²) < 4.78 is 1.94. The Kier molecular flexibility index (Phi) is 5.42. The molecule has 16 heavy (non-hydrogen) atoms. The van der Waals surface area contributed by atoms with Crippen molar-refractivity contribution in [2.24, 2.45) is 11.7 Å². The van der Waals surface area contributed by atoms with Crippen LogP contribution in [0.1, 0.15) is 26.6 Å². The topological polar surface area (TPSA) is 60.0 Å². The summed E-state index contributed by atoms with van der Waals surface area (Å²) >= 11 is 0. The zero-order valence-corrected chi connectivity index (χ0v) is 10.6. The predicted octanol–water partition coefficient (Wildman–Crippen LogP) is 0.715. The lowest BCUT2D eigenvalue weighted by molar-refractivity contribution is 0.234. The molecule has 1 atom stereocenters. The van der Waals surface area contributed by atoms with E-state index < -0.39 is 0 Å². The number of hydrogen-bond donors (Lipinski definition) is 1. The van der Waals surface area contributed by atoms with Gasteiger partial charge in [0, 0.05) is 13.1 Å². The van der Waals surface area contributed by atoms with E-state index in [2.05, 4.69) is 35.8 Å². The van der Waals surface area contributed by atoms with Gasteiger partial charge in [-0.15, -0.1) is 0 Å². The quantitative estimate of drug-likeness (QED) is 0.742. The fraction of sp³-hybridized carbons (Fsp3) is 0.818. The Hall–Kier alpha value is -0.940. The minimum absolute atomic E-state index is 0.526. The molecule has 1 heterocycles. The van der Waals surface area contributed by atoms with Crippen molar-refractivity contribution in [1.29, 1.82) is 0 Å². The number of nitrogens with zero attached hydrogens (tertiary/aromatic N) is 4. The molecule has 5 heteroatoms. The number of hydrogen-bond acceptors (Lipinski definition) is 4. The van der Waals surface area contributed by atoms with Gasteiger partial charge in [-0.1, -0.05) is 13.8 Å². The molecule has 0 fully saturated rings. The van der Waals surface area contributed by atoms with E-state index in [0.717, 1.165) is 38.5 Å². The first-order valence-corrected chi connectivity index (χ1v) is 6.00. The predicted molar refractivity (Wildman–Crippen MR) is 64.9 cm³/mol. The smallest absolute Gasteiger partial charge is 0.140 e. The third-order valence-electron chi connectivity index (χ3n) is 2.78. The van der Waals surface area contributed by atoms with Gasteiger partial charge in [-0.25, -0.2) is 9.67 Å². The lowest BCUT2D eigenvalue weighted by Gasteiger charge is -2.23. The van der Waals surface area contributed by atoms with Gasteiger partial charge in [0.1, 0.15) is 12.2 Å². The van der Waals surface area contributed by atoms with Gasteiger partial charge in [-0.3, -0.25) is 4.90 Å². The molecule has 0 aliphatic heterocycles. The summed E-state index contributed by atoms with van der Waals surface area (Å²) in [6.45, 7) is 10.9. The lowest BCUT2D eigenvalue weighted by Crippen LogP contribution is -2.32. The highest BCUT2D eigenvalue weighted by molar-refractivity contribution is 4.84. The highest BCUT2D eigenvalue weighted by atomic mass is 15.3. The fourth-order valence-corrected chi connectivity index (χ4v) is 1.70. The van der Waals surface area contributed by atoms with Gasteiger partial charge in [0.05, 0.1) is 6.54 Å². The molecule has 1 rings (SSSR count). The second-order valence-corrected chi connectivity index (χ2v) is 4.16. The van der Waals surface area contributed by atoms with Crippen molar-refractivity contribution in [3.63, 3.8) is 0 Å². The molecule has 2 N–H and O–H groups in total. The van der Waals surface area contributed by atoms with Crippen molar-refractivity contribution < 1.29 is 0 Å². The van der Waals surface area contributed by atoms with Gasteiger partial charge in [0.2, 0.25) is 0 Å². The molecule has 1 aromatic rings. The van der Waals surface area contributed by atoms with Gasteiger partial charge < -0.3 is 5.73 Å². The van der Waals surface area contributed by atoms with Crippen LogP contribution in [-0.2, 0) is 13.1 Å². The van der Waals surface area contributed by atoms with Crippen LogP contribution in [0.2, 0.25) is 0 Å². The first-order chi connectivity index (χ1) is 7.71. The molecule has 0 aliphatic carbocycles. The number of aryl methyl sites for hydroxylation is 1. The highest BCUT2D eigenvalue weighted by Gasteiger charge is 2.11. The molecule has 5 nitrogen and oxygen atoms in total. The Labute approximate surface area is 97.6 Å². The van der Waals surface area contributed by atoms with Crippen molar-refractivity contribution in [1.82, 2.24) is 19.7 Å². The third kappa shape index (κ3) is 3.57. The molecule has 1 unspecified atom stereocenters. The summed E-state index contributed by atoms with van der Waals surface area (Å²) in [7, 11) is 0. The van der Waals surface area contributed by atoms with E-state index in [1.807, 2.05) is 4.68 Å². The second-order valence-electron chi connectivity index (χ2n) is 4.16. The number of aromatic nitrogens is 3. The van der Waals surface area contributed by atoms with Crippen LogP contribution < -0.4 is 5.73 Å². The zero-order valence-electron chi connectivity index (χ0n) is 10.6. The molecule has 0 aliphatic rings. The summed E-state index contributed by atoms with van der Waals surface area (Å²) in [6, 6.07) is 0. The van der Waals surface area contributed by atoms with Crippen molar-refractivity contribution >= 4 is 0 Å². The number of nitrogens with two attached hydrogens (primary N) is 1. The Bertz CT molecular complexity index is 296. The largest absolute Gasteiger partial charge is 0.330 e. The van der Waals surface area contributed by atoms with Crippen LogP contribution in [0.25, 0.3) is 0 Å². The maximum atomic E-state index is 5.64. The van der Waals surface area contributed by atoms with Crippen LogP contribution in [0.15, 0.2) is 6.33 Å². The first kappa shape index (κ1) is 13.1. The van der Waals surface area contributed by atoms with Crippen LogP contribution in [0.4, 0.5) is 0 Å². The molecule has 0 amide bonds. The van der Waals surface area contributed by atoms with E-state index in [9.17, 15) is 0 Å². The molecular weight excluding hydrogens is 202 g/mol. The van der Waals surface area contributed by atoms with E-state index in [4.69, 9.17) is 5.73 Å². The molecule has 0 spiro atoms. The summed E-state index contributed by atoms with van der Waals surface area (Å²) in [5, 5.41) is 4.18. The summed E-state index contributed by atoms with van der Waals surface area (Å²) in [6.07, 6.45) is 1.62. The van der Waals surface area contributed by atoms with Gasteiger partial charge in [0.15, 0.2) is 0 Å². The summed E-state index contributed by atoms with van der Waals surface area (Å²) in [5.74, 6) is 1.56.